The Bertz CT molecular complexity index is 1720. The number of carboxylic acids is 1. The zero-order valence-corrected chi connectivity index (χ0v) is 20.6. The quantitative estimate of drug-likeness (QED) is 0.286. The van der Waals surface area contributed by atoms with Gasteiger partial charge >= 0.3 is 5.97 Å². The maximum Gasteiger partial charge on any atom is 0.354 e. The minimum atomic E-state index is -3.78. The monoisotopic (exact) mass is 553 g/mol. The van der Waals surface area contributed by atoms with Crippen LogP contribution in [0.5, 0.6) is 0 Å². The summed E-state index contributed by atoms with van der Waals surface area (Å²) >= 11 is 3.30. The second-order valence-corrected chi connectivity index (χ2v) is 10.8. The molecule has 0 aliphatic rings. The van der Waals surface area contributed by atoms with E-state index in [4.69, 9.17) is 0 Å². The summed E-state index contributed by atoms with van der Waals surface area (Å²) in [5.41, 5.74) is 2.37. The number of aromatic nitrogens is 2. The SMILES string of the molecule is CN(c1ccc(-c2nc(C(=O)O)cc3c2[nH]c2ccc(F)cc23)cc1)S(=O)(=O)c1ccc(Br)cc1. The molecule has 0 unspecified atom stereocenters. The van der Waals surface area contributed by atoms with E-state index in [0.717, 1.165) is 4.47 Å². The summed E-state index contributed by atoms with van der Waals surface area (Å²) in [5.74, 6) is -1.65. The van der Waals surface area contributed by atoms with E-state index in [-0.39, 0.29) is 10.6 Å². The van der Waals surface area contributed by atoms with Gasteiger partial charge in [0.2, 0.25) is 0 Å². The zero-order chi connectivity index (χ0) is 24.9. The lowest BCUT2D eigenvalue weighted by Gasteiger charge is -2.20. The molecule has 0 atom stereocenters. The van der Waals surface area contributed by atoms with Crippen molar-refractivity contribution in [2.75, 3.05) is 11.4 Å². The molecule has 0 aliphatic heterocycles. The summed E-state index contributed by atoms with van der Waals surface area (Å²) in [6.07, 6.45) is 0. The van der Waals surface area contributed by atoms with Crippen molar-refractivity contribution < 1.29 is 22.7 Å². The number of nitrogens with zero attached hydrogens (tertiary/aromatic N) is 2. The smallest absolute Gasteiger partial charge is 0.354 e. The molecular formula is C25H17BrFN3O4S. The van der Waals surface area contributed by atoms with Crippen molar-refractivity contribution in [1.29, 1.82) is 0 Å². The standard InChI is InChI=1S/C25H17BrFN3O4S/c1-30(35(33,34)18-9-4-15(26)5-10-18)17-7-2-14(3-8-17)23-24-20(13-22(29-23)25(31)32)19-12-16(27)6-11-21(19)28-24/h2-13,28H,1H3,(H,31,32). The van der Waals surface area contributed by atoms with Crippen molar-refractivity contribution in [2.45, 2.75) is 4.90 Å². The van der Waals surface area contributed by atoms with Gasteiger partial charge < -0.3 is 10.1 Å². The summed E-state index contributed by atoms with van der Waals surface area (Å²) in [5, 5.41) is 10.7. The van der Waals surface area contributed by atoms with E-state index in [2.05, 4.69) is 25.9 Å². The average molecular weight is 554 g/mol. The topological polar surface area (TPSA) is 103 Å². The normalized spacial score (nSPS) is 11.7. The molecule has 176 valence electrons. The van der Waals surface area contributed by atoms with Gasteiger partial charge in [-0.25, -0.2) is 22.6 Å². The number of hydrogen-bond donors (Lipinski definition) is 2. The molecule has 2 N–H and O–H groups in total. The van der Waals surface area contributed by atoms with Gasteiger partial charge in [-0.2, -0.15) is 0 Å². The Morgan fingerprint density at radius 1 is 1.00 bits per heavy atom. The lowest BCUT2D eigenvalue weighted by atomic mass is 10.1. The van der Waals surface area contributed by atoms with Gasteiger partial charge in [0.1, 0.15) is 11.5 Å². The first-order valence-electron chi connectivity index (χ1n) is 10.4. The molecule has 0 aliphatic carbocycles. The molecule has 0 saturated heterocycles. The summed E-state index contributed by atoms with van der Waals surface area (Å²) < 4.78 is 41.9. The molecule has 0 fully saturated rings. The van der Waals surface area contributed by atoms with Crippen LogP contribution in [0.1, 0.15) is 10.5 Å². The number of carbonyl (C=O) groups is 1. The van der Waals surface area contributed by atoms with E-state index in [1.807, 2.05) is 0 Å². The number of anilines is 1. The fourth-order valence-corrected chi connectivity index (χ4v) is 5.38. The maximum absolute atomic E-state index is 13.9. The third-order valence-electron chi connectivity index (χ3n) is 5.75. The highest BCUT2D eigenvalue weighted by Crippen LogP contribution is 2.34. The first-order valence-corrected chi connectivity index (χ1v) is 12.6. The number of aromatic amines is 1. The van der Waals surface area contributed by atoms with Gasteiger partial charge in [-0.05, 0) is 60.7 Å². The van der Waals surface area contributed by atoms with Gasteiger partial charge in [-0.1, -0.05) is 28.1 Å². The zero-order valence-electron chi connectivity index (χ0n) is 18.2. The van der Waals surface area contributed by atoms with E-state index >= 15 is 0 Å². The van der Waals surface area contributed by atoms with Crippen LogP contribution in [-0.4, -0.2) is 36.5 Å². The Morgan fingerprint density at radius 2 is 1.69 bits per heavy atom. The lowest BCUT2D eigenvalue weighted by Crippen LogP contribution is -2.26. The Morgan fingerprint density at radius 3 is 2.34 bits per heavy atom. The fraction of sp³-hybridized carbons (Fsp3) is 0.0400. The third-order valence-corrected chi connectivity index (χ3v) is 8.07. The number of nitrogens with one attached hydrogen (secondary N) is 1. The number of hydrogen-bond acceptors (Lipinski definition) is 4. The molecule has 35 heavy (non-hydrogen) atoms. The predicted molar refractivity (Wildman–Crippen MR) is 136 cm³/mol. The van der Waals surface area contributed by atoms with Gasteiger partial charge in [0, 0.05) is 33.4 Å². The number of H-pyrrole nitrogens is 1. The van der Waals surface area contributed by atoms with Crippen LogP contribution in [0.3, 0.4) is 0 Å². The molecule has 7 nitrogen and oxygen atoms in total. The van der Waals surface area contributed by atoms with Crippen LogP contribution < -0.4 is 4.31 Å². The molecule has 0 amide bonds. The van der Waals surface area contributed by atoms with E-state index in [0.29, 0.717) is 38.8 Å². The van der Waals surface area contributed by atoms with Crippen LogP contribution in [0.2, 0.25) is 0 Å². The van der Waals surface area contributed by atoms with Gasteiger partial charge in [0.15, 0.2) is 0 Å². The van der Waals surface area contributed by atoms with Crippen LogP contribution >= 0.6 is 15.9 Å². The molecule has 3 aromatic carbocycles. The molecule has 5 rings (SSSR count). The molecule has 2 aromatic heterocycles. The Labute approximate surface area is 208 Å². The maximum atomic E-state index is 13.9. The van der Waals surface area contributed by atoms with Crippen LogP contribution in [0, 0.1) is 5.82 Å². The van der Waals surface area contributed by atoms with Gasteiger partial charge in [0.05, 0.1) is 21.8 Å². The van der Waals surface area contributed by atoms with Crippen molar-refractivity contribution in [1.82, 2.24) is 9.97 Å². The van der Waals surface area contributed by atoms with Crippen molar-refractivity contribution in [3.8, 4) is 11.3 Å². The molecule has 0 bridgehead atoms. The molecular weight excluding hydrogens is 537 g/mol. The summed E-state index contributed by atoms with van der Waals surface area (Å²) in [6, 6.07) is 18.6. The van der Waals surface area contributed by atoms with Crippen molar-refractivity contribution in [2.24, 2.45) is 0 Å². The van der Waals surface area contributed by atoms with Crippen LogP contribution in [0.4, 0.5) is 10.1 Å². The molecule has 5 aromatic rings. The molecule has 0 saturated carbocycles. The average Bonchev–Trinajstić information content (AvgIpc) is 3.21. The predicted octanol–water partition coefficient (Wildman–Crippen LogP) is 5.81. The van der Waals surface area contributed by atoms with E-state index < -0.39 is 21.8 Å². The molecule has 2 heterocycles. The van der Waals surface area contributed by atoms with Gasteiger partial charge in [0.25, 0.3) is 10.0 Å². The first-order chi connectivity index (χ1) is 16.6. The summed E-state index contributed by atoms with van der Waals surface area (Å²) in [6.45, 7) is 0. The van der Waals surface area contributed by atoms with Gasteiger partial charge in [-0.15, -0.1) is 0 Å². The minimum absolute atomic E-state index is 0.148. The highest BCUT2D eigenvalue weighted by atomic mass is 79.9. The largest absolute Gasteiger partial charge is 0.477 e. The second-order valence-electron chi connectivity index (χ2n) is 7.87. The Kier molecular flexibility index (Phi) is 5.57. The number of benzene rings is 3. The van der Waals surface area contributed by atoms with Crippen LogP contribution in [-0.2, 0) is 10.0 Å². The number of pyridine rings is 1. The molecule has 10 heteroatoms. The van der Waals surface area contributed by atoms with Crippen molar-refractivity contribution in [3.63, 3.8) is 0 Å². The Balaban J connectivity index is 1.60. The third kappa shape index (κ3) is 4.04. The lowest BCUT2D eigenvalue weighted by molar-refractivity contribution is 0.0691. The van der Waals surface area contributed by atoms with E-state index in [1.165, 1.54) is 41.7 Å². The summed E-state index contributed by atoms with van der Waals surface area (Å²) in [4.78, 5) is 19.4. The number of fused-ring (bicyclic) bond motifs is 3. The number of rotatable bonds is 5. The first kappa shape index (κ1) is 23.0. The fourth-order valence-electron chi connectivity index (χ4n) is 3.92. The van der Waals surface area contributed by atoms with Crippen molar-refractivity contribution >= 4 is 59.4 Å². The minimum Gasteiger partial charge on any atom is -0.477 e. The number of aromatic carboxylic acids is 1. The summed E-state index contributed by atoms with van der Waals surface area (Å²) in [7, 11) is -2.32. The second kappa shape index (κ2) is 8.47. The molecule has 0 spiro atoms. The van der Waals surface area contributed by atoms with Crippen LogP contribution in [0.15, 0.2) is 82.2 Å². The van der Waals surface area contributed by atoms with Gasteiger partial charge in [-0.3, -0.25) is 4.31 Å². The Hall–Kier alpha value is -3.76. The number of sulfonamides is 1. The van der Waals surface area contributed by atoms with E-state index in [9.17, 15) is 22.7 Å². The highest BCUT2D eigenvalue weighted by molar-refractivity contribution is 9.10. The van der Waals surface area contributed by atoms with Crippen LogP contribution in [0.25, 0.3) is 33.1 Å². The highest BCUT2D eigenvalue weighted by Gasteiger charge is 2.22. The molecule has 0 radical (unpaired) electrons. The number of halogens is 2. The van der Waals surface area contributed by atoms with E-state index in [1.54, 1.807) is 42.5 Å². The van der Waals surface area contributed by atoms with Crippen molar-refractivity contribution in [3.05, 3.63) is 88.8 Å². The number of carboxylic acid groups (broad SMARTS) is 1.